The number of ether oxygens (including phenoxy) is 2. The van der Waals surface area contributed by atoms with E-state index in [1.165, 1.54) is 0 Å². The van der Waals surface area contributed by atoms with Gasteiger partial charge in [-0.05, 0) is 38.0 Å². The van der Waals surface area contributed by atoms with Crippen molar-refractivity contribution in [1.29, 1.82) is 0 Å². The molecule has 10 heteroatoms. The van der Waals surface area contributed by atoms with Gasteiger partial charge in [0.25, 0.3) is 0 Å². The average Bonchev–Trinajstić information content (AvgIpc) is 3.26. The van der Waals surface area contributed by atoms with Gasteiger partial charge in [0.2, 0.25) is 0 Å². The van der Waals surface area contributed by atoms with Crippen LogP contribution in [0.3, 0.4) is 0 Å². The lowest BCUT2D eigenvalue weighted by atomic mass is 10.1. The number of carbonyl (C=O) groups excluding carboxylic acids is 1. The van der Waals surface area contributed by atoms with Gasteiger partial charge in [-0.3, -0.25) is 0 Å². The Balaban J connectivity index is 1.59. The fraction of sp³-hybridized carbons (Fsp3) is 0.560. The van der Waals surface area contributed by atoms with Crippen LogP contribution in [0.4, 0.5) is 10.6 Å². The number of anilines is 1. The van der Waals surface area contributed by atoms with Gasteiger partial charge < -0.3 is 24.6 Å². The van der Waals surface area contributed by atoms with E-state index in [4.69, 9.17) is 42.6 Å². The molecule has 2 atom stereocenters. The Morgan fingerprint density at radius 3 is 2.49 bits per heavy atom. The van der Waals surface area contributed by atoms with Crippen molar-refractivity contribution in [1.82, 2.24) is 19.8 Å². The number of nitrogens with one attached hydrogen (secondary N) is 1. The number of hydrogen-bond donors (Lipinski definition) is 1. The Morgan fingerprint density at radius 2 is 1.83 bits per heavy atom. The van der Waals surface area contributed by atoms with Crippen LogP contribution in [0.2, 0.25) is 10.0 Å². The number of aromatic nitrogens is 2. The highest BCUT2D eigenvalue weighted by molar-refractivity contribution is 6.36. The predicted octanol–water partition coefficient (Wildman–Crippen LogP) is 4.53. The summed E-state index contributed by atoms with van der Waals surface area (Å²) in [6, 6.07) is 5.37. The monoisotopic (exact) mass is 521 g/mol. The number of rotatable bonds is 7. The summed E-state index contributed by atoms with van der Waals surface area (Å²) in [6.07, 6.45) is 1.26. The molecule has 0 bridgehead atoms. The molecule has 3 heterocycles. The Bertz CT molecular complexity index is 1050. The van der Waals surface area contributed by atoms with E-state index in [2.05, 4.69) is 12.2 Å². The summed E-state index contributed by atoms with van der Waals surface area (Å²) in [5.41, 5.74) is 3.28. The molecule has 8 nitrogen and oxygen atoms in total. The molecule has 2 aliphatic heterocycles. The first-order chi connectivity index (χ1) is 16.9. The molecule has 2 unspecified atom stereocenters. The van der Waals surface area contributed by atoms with Gasteiger partial charge in [0.15, 0.2) is 0 Å². The molecule has 0 radical (unpaired) electrons. The quantitative estimate of drug-likeness (QED) is 0.576. The van der Waals surface area contributed by atoms with Gasteiger partial charge in [-0.15, -0.1) is 0 Å². The number of nitrogens with zero attached hydrogens (tertiary/aromatic N) is 4. The largest absolute Gasteiger partial charge is 0.378 e. The van der Waals surface area contributed by atoms with Gasteiger partial charge >= 0.3 is 6.03 Å². The van der Waals surface area contributed by atoms with Crippen LogP contribution in [-0.4, -0.2) is 83.9 Å². The van der Waals surface area contributed by atoms with Crippen LogP contribution in [-0.2, 0) is 22.3 Å². The summed E-state index contributed by atoms with van der Waals surface area (Å²) in [5, 5.41) is 4.70. The predicted molar refractivity (Wildman–Crippen MR) is 138 cm³/mol. The van der Waals surface area contributed by atoms with E-state index in [9.17, 15) is 4.79 Å². The van der Waals surface area contributed by atoms with E-state index in [1.807, 2.05) is 35.8 Å². The molecule has 35 heavy (non-hydrogen) atoms. The van der Waals surface area contributed by atoms with Gasteiger partial charge in [0.1, 0.15) is 5.82 Å². The third kappa shape index (κ3) is 5.82. The lowest BCUT2D eigenvalue weighted by molar-refractivity contribution is 0.0402. The number of carbonyl (C=O) groups is 1. The maximum atomic E-state index is 13.1. The average molecular weight is 522 g/mol. The topological polar surface area (TPSA) is 79.8 Å². The van der Waals surface area contributed by atoms with Crippen LogP contribution < -0.4 is 5.32 Å². The number of amides is 2. The minimum Gasteiger partial charge on any atom is -0.378 e. The molecule has 2 fully saturated rings. The molecule has 0 aliphatic carbocycles. The van der Waals surface area contributed by atoms with Gasteiger partial charge in [-0.1, -0.05) is 37.0 Å². The van der Waals surface area contributed by atoms with Crippen LogP contribution in [0.15, 0.2) is 18.2 Å². The summed E-state index contributed by atoms with van der Waals surface area (Å²) >= 11 is 12.6. The van der Waals surface area contributed by atoms with Crippen molar-refractivity contribution in [2.45, 2.75) is 45.8 Å². The molecular weight excluding hydrogens is 489 g/mol. The molecule has 190 valence electrons. The molecule has 0 saturated carbocycles. The Kier molecular flexibility index (Phi) is 8.70. The molecule has 0 spiro atoms. The lowest BCUT2D eigenvalue weighted by Gasteiger charge is -2.30. The highest BCUT2D eigenvalue weighted by atomic mass is 35.5. The molecule has 1 aromatic heterocycles. The van der Waals surface area contributed by atoms with E-state index in [1.54, 1.807) is 6.07 Å². The summed E-state index contributed by atoms with van der Waals surface area (Å²) in [4.78, 5) is 26.7. The molecule has 2 aliphatic rings. The fourth-order valence-electron chi connectivity index (χ4n) is 4.59. The SMILES string of the molecule is CCOC1CN(C(=O)N2CCOCC2)CC1Nc1nc(CC)c(-c2ccc(Cl)cc2Cl)nc1CC. The minimum absolute atomic E-state index is 0.0334. The maximum Gasteiger partial charge on any atom is 0.320 e. The van der Waals surface area contributed by atoms with E-state index in [0.717, 1.165) is 28.5 Å². The van der Waals surface area contributed by atoms with Gasteiger partial charge in [0, 0.05) is 36.8 Å². The van der Waals surface area contributed by atoms with Crippen LogP contribution in [0.25, 0.3) is 11.3 Å². The zero-order chi connectivity index (χ0) is 24.9. The second-order valence-corrected chi connectivity index (χ2v) is 9.52. The molecule has 2 saturated heterocycles. The highest BCUT2D eigenvalue weighted by Crippen LogP contribution is 2.33. The number of likely N-dealkylation sites (tertiary alicyclic amines) is 1. The van der Waals surface area contributed by atoms with Crippen molar-refractivity contribution >= 4 is 35.1 Å². The summed E-state index contributed by atoms with van der Waals surface area (Å²) in [7, 11) is 0. The molecule has 2 amide bonds. The number of morpholine rings is 1. The third-order valence-corrected chi connectivity index (χ3v) is 6.97. The van der Waals surface area contributed by atoms with Crippen LogP contribution in [0, 0.1) is 0 Å². The van der Waals surface area contributed by atoms with Crippen molar-refractivity contribution in [3.63, 3.8) is 0 Å². The first kappa shape index (κ1) is 25.9. The Hall–Kier alpha value is -2.13. The molecule has 2 aromatic rings. The normalized spacial score (nSPS) is 20.4. The highest BCUT2D eigenvalue weighted by Gasteiger charge is 2.38. The molecule has 1 aromatic carbocycles. The zero-order valence-electron chi connectivity index (χ0n) is 20.5. The van der Waals surface area contributed by atoms with E-state index in [0.29, 0.717) is 68.9 Å². The van der Waals surface area contributed by atoms with E-state index in [-0.39, 0.29) is 18.2 Å². The maximum absolute atomic E-state index is 13.1. The number of aryl methyl sites for hydroxylation is 2. The van der Waals surface area contributed by atoms with Crippen molar-refractivity contribution < 1.29 is 14.3 Å². The standard InChI is InChI=1S/C25H33Cl2N5O3/c1-4-19-23(17-8-7-16(26)13-18(17)27)28-20(5-2)24(29-19)30-21-14-32(15-22(21)35-6-3)25(33)31-9-11-34-12-10-31/h7-8,13,21-22H,4-6,9-12,14-15H2,1-3H3,(H,29,30). The minimum atomic E-state index is -0.132. The van der Waals surface area contributed by atoms with Gasteiger partial charge in [-0.2, -0.15) is 0 Å². The van der Waals surface area contributed by atoms with Crippen LogP contribution >= 0.6 is 23.2 Å². The Morgan fingerprint density at radius 1 is 1.09 bits per heavy atom. The first-order valence-corrected chi connectivity index (χ1v) is 13.1. The van der Waals surface area contributed by atoms with Crippen molar-refractivity contribution in [2.75, 3.05) is 51.3 Å². The van der Waals surface area contributed by atoms with Crippen LogP contribution in [0.1, 0.15) is 32.2 Å². The van der Waals surface area contributed by atoms with Crippen molar-refractivity contribution in [3.8, 4) is 11.3 Å². The molecular formula is C25H33Cl2N5O3. The number of hydrogen-bond acceptors (Lipinski definition) is 6. The Labute approximate surface area is 216 Å². The molecule has 4 rings (SSSR count). The first-order valence-electron chi connectivity index (χ1n) is 12.3. The number of urea groups is 1. The summed E-state index contributed by atoms with van der Waals surface area (Å²) < 4.78 is 11.4. The van der Waals surface area contributed by atoms with Crippen LogP contribution in [0.5, 0.6) is 0 Å². The summed E-state index contributed by atoms with van der Waals surface area (Å²) in [5.74, 6) is 0.730. The third-order valence-electron chi connectivity index (χ3n) is 6.42. The number of halogens is 2. The smallest absolute Gasteiger partial charge is 0.320 e. The second-order valence-electron chi connectivity index (χ2n) is 8.68. The van der Waals surface area contributed by atoms with E-state index < -0.39 is 0 Å². The second kappa shape index (κ2) is 11.7. The molecule has 1 N–H and O–H groups in total. The van der Waals surface area contributed by atoms with E-state index >= 15 is 0 Å². The zero-order valence-corrected chi connectivity index (χ0v) is 22.0. The fourth-order valence-corrected chi connectivity index (χ4v) is 5.09. The lowest BCUT2D eigenvalue weighted by Crippen LogP contribution is -2.48. The summed E-state index contributed by atoms with van der Waals surface area (Å²) in [6.45, 7) is 10.1. The van der Waals surface area contributed by atoms with Crippen molar-refractivity contribution in [3.05, 3.63) is 39.6 Å². The van der Waals surface area contributed by atoms with Gasteiger partial charge in [0.05, 0.1) is 54.0 Å². The number of benzene rings is 1. The van der Waals surface area contributed by atoms with Gasteiger partial charge in [-0.25, -0.2) is 14.8 Å². The van der Waals surface area contributed by atoms with Crippen molar-refractivity contribution in [2.24, 2.45) is 0 Å².